The van der Waals surface area contributed by atoms with Gasteiger partial charge in [0.05, 0.1) is 16.8 Å². The molecule has 2 saturated heterocycles. The molecule has 30 heavy (non-hydrogen) atoms. The average molecular weight is 431 g/mol. The summed E-state index contributed by atoms with van der Waals surface area (Å²) in [5, 5.41) is 4.24. The summed E-state index contributed by atoms with van der Waals surface area (Å²) in [6.07, 6.45) is 5.70. The number of hydrogen-bond donors (Lipinski definition) is 1. The lowest BCUT2D eigenvalue weighted by Gasteiger charge is -2.34. The molecule has 2 aromatic rings. The van der Waals surface area contributed by atoms with Gasteiger partial charge in [0.15, 0.2) is 5.13 Å². The summed E-state index contributed by atoms with van der Waals surface area (Å²) < 4.78 is 6.76. The van der Waals surface area contributed by atoms with Crippen LogP contribution in [0.5, 0.6) is 5.75 Å². The highest BCUT2D eigenvalue weighted by Crippen LogP contribution is 2.33. The molecule has 6 nitrogen and oxygen atoms in total. The fourth-order valence-corrected chi connectivity index (χ4v) is 5.62. The van der Waals surface area contributed by atoms with Crippen LogP contribution in [0.25, 0.3) is 10.2 Å². The third-order valence-electron chi connectivity index (χ3n) is 6.43. The van der Waals surface area contributed by atoms with Crippen LogP contribution in [0, 0.1) is 5.92 Å². The zero-order chi connectivity index (χ0) is 20.9. The van der Waals surface area contributed by atoms with Crippen LogP contribution in [0.15, 0.2) is 18.2 Å². The van der Waals surface area contributed by atoms with E-state index in [1.165, 1.54) is 25.8 Å². The van der Waals surface area contributed by atoms with Crippen molar-refractivity contribution in [3.8, 4) is 5.75 Å². The third-order valence-corrected chi connectivity index (χ3v) is 7.51. The van der Waals surface area contributed by atoms with Crippen LogP contribution in [-0.4, -0.2) is 61.2 Å². The molecule has 3 heterocycles. The SMILES string of the molecule is CCOc1ccc2nc(N3CCC(C(=O)NCCN4CCCC[C@@H]4C)CC3)sc2c1. The monoisotopic (exact) mass is 430 g/mol. The molecule has 4 rings (SSSR count). The highest BCUT2D eigenvalue weighted by atomic mass is 32.1. The second kappa shape index (κ2) is 9.96. The van der Waals surface area contributed by atoms with E-state index in [2.05, 4.69) is 28.1 Å². The van der Waals surface area contributed by atoms with E-state index >= 15 is 0 Å². The smallest absolute Gasteiger partial charge is 0.223 e. The van der Waals surface area contributed by atoms with Crippen LogP contribution >= 0.6 is 11.3 Å². The summed E-state index contributed by atoms with van der Waals surface area (Å²) in [5.74, 6) is 1.25. The molecule has 0 radical (unpaired) electrons. The lowest BCUT2D eigenvalue weighted by molar-refractivity contribution is -0.125. The summed E-state index contributed by atoms with van der Waals surface area (Å²) in [4.78, 5) is 22.3. The molecule has 2 fully saturated rings. The Hall–Kier alpha value is -1.86. The molecule has 1 aromatic heterocycles. The number of thiazole rings is 1. The number of aromatic nitrogens is 1. The van der Waals surface area contributed by atoms with Crippen LogP contribution in [-0.2, 0) is 4.79 Å². The molecule has 164 valence electrons. The van der Waals surface area contributed by atoms with Crippen LogP contribution in [0.3, 0.4) is 0 Å². The van der Waals surface area contributed by atoms with Crippen molar-refractivity contribution in [3.63, 3.8) is 0 Å². The summed E-state index contributed by atoms with van der Waals surface area (Å²) in [6, 6.07) is 6.74. The molecular formula is C23H34N4O2S. The number of benzene rings is 1. The minimum absolute atomic E-state index is 0.124. The van der Waals surface area contributed by atoms with Gasteiger partial charge in [-0.15, -0.1) is 0 Å². The number of nitrogens with one attached hydrogen (secondary N) is 1. The molecule has 2 aliphatic heterocycles. The summed E-state index contributed by atoms with van der Waals surface area (Å²) in [7, 11) is 0. The van der Waals surface area contributed by atoms with E-state index in [-0.39, 0.29) is 11.8 Å². The van der Waals surface area contributed by atoms with E-state index in [1.807, 2.05) is 19.1 Å². The number of anilines is 1. The van der Waals surface area contributed by atoms with Gasteiger partial charge in [0, 0.05) is 38.1 Å². The van der Waals surface area contributed by atoms with Crippen LogP contribution in [0.4, 0.5) is 5.13 Å². The number of nitrogens with zero attached hydrogens (tertiary/aromatic N) is 3. The maximum atomic E-state index is 12.6. The molecule has 0 bridgehead atoms. The lowest BCUT2D eigenvalue weighted by atomic mass is 9.96. The molecule has 1 aromatic carbocycles. The predicted molar refractivity (Wildman–Crippen MR) is 124 cm³/mol. The number of likely N-dealkylation sites (tertiary alicyclic amines) is 1. The Morgan fingerprint density at radius 3 is 2.83 bits per heavy atom. The van der Waals surface area contributed by atoms with Crippen molar-refractivity contribution in [1.29, 1.82) is 0 Å². The largest absolute Gasteiger partial charge is 0.494 e. The van der Waals surface area contributed by atoms with Gasteiger partial charge in [0.25, 0.3) is 0 Å². The number of carbonyl (C=O) groups is 1. The number of hydrogen-bond acceptors (Lipinski definition) is 6. The van der Waals surface area contributed by atoms with Gasteiger partial charge in [-0.3, -0.25) is 9.69 Å². The van der Waals surface area contributed by atoms with Gasteiger partial charge in [-0.05, 0) is 64.3 Å². The van der Waals surface area contributed by atoms with E-state index in [0.29, 0.717) is 12.6 Å². The Bertz CT molecular complexity index is 847. The minimum Gasteiger partial charge on any atom is -0.494 e. The first-order valence-corrected chi connectivity index (χ1v) is 12.3. The maximum Gasteiger partial charge on any atom is 0.223 e. The number of fused-ring (bicyclic) bond motifs is 1. The lowest BCUT2D eigenvalue weighted by Crippen LogP contribution is -2.45. The van der Waals surface area contributed by atoms with Gasteiger partial charge in [-0.1, -0.05) is 17.8 Å². The first-order chi connectivity index (χ1) is 14.6. The maximum absolute atomic E-state index is 12.6. The Labute approximate surface area is 183 Å². The number of rotatable bonds is 7. The van der Waals surface area contributed by atoms with Gasteiger partial charge in [0.1, 0.15) is 5.75 Å². The first-order valence-electron chi connectivity index (χ1n) is 11.4. The van der Waals surface area contributed by atoms with E-state index in [0.717, 1.165) is 60.1 Å². The second-order valence-corrected chi connectivity index (χ2v) is 9.50. The highest BCUT2D eigenvalue weighted by molar-refractivity contribution is 7.22. The molecule has 0 spiro atoms. The van der Waals surface area contributed by atoms with E-state index in [9.17, 15) is 4.79 Å². The Kier molecular flexibility index (Phi) is 7.10. The topological polar surface area (TPSA) is 57.7 Å². The van der Waals surface area contributed by atoms with Gasteiger partial charge in [-0.2, -0.15) is 0 Å². The quantitative estimate of drug-likeness (QED) is 0.722. The van der Waals surface area contributed by atoms with Crippen LogP contribution in [0.1, 0.15) is 46.0 Å². The summed E-state index contributed by atoms with van der Waals surface area (Å²) in [6.45, 7) is 9.66. The van der Waals surface area contributed by atoms with Crippen molar-refractivity contribution in [3.05, 3.63) is 18.2 Å². The molecule has 2 aliphatic rings. The van der Waals surface area contributed by atoms with Gasteiger partial charge in [0.2, 0.25) is 5.91 Å². The standard InChI is InChI=1S/C23H34N4O2S/c1-3-29-19-7-8-20-21(16-19)30-23(25-20)27-13-9-18(10-14-27)22(28)24-11-15-26-12-5-4-6-17(26)2/h7-8,16-18H,3-6,9-15H2,1-2H3,(H,24,28)/t17-/m0/s1. The van der Waals surface area contributed by atoms with Gasteiger partial charge >= 0.3 is 0 Å². The molecule has 1 amide bonds. The van der Waals surface area contributed by atoms with Crippen LogP contribution in [0.2, 0.25) is 0 Å². The Morgan fingerprint density at radius 2 is 2.07 bits per heavy atom. The zero-order valence-electron chi connectivity index (χ0n) is 18.2. The molecule has 0 saturated carbocycles. The number of amides is 1. The summed E-state index contributed by atoms with van der Waals surface area (Å²) in [5.41, 5.74) is 1.02. The van der Waals surface area contributed by atoms with Gasteiger partial charge < -0.3 is 15.0 Å². The van der Waals surface area contributed by atoms with E-state index in [4.69, 9.17) is 9.72 Å². The Morgan fingerprint density at radius 1 is 1.23 bits per heavy atom. The van der Waals surface area contributed by atoms with Crippen molar-refractivity contribution in [1.82, 2.24) is 15.2 Å². The van der Waals surface area contributed by atoms with Crippen molar-refractivity contribution >= 4 is 32.6 Å². The highest BCUT2D eigenvalue weighted by Gasteiger charge is 2.26. The third kappa shape index (κ3) is 5.06. The normalized spacial score (nSPS) is 21.1. The van der Waals surface area contributed by atoms with Gasteiger partial charge in [-0.25, -0.2) is 4.98 Å². The second-order valence-electron chi connectivity index (χ2n) is 8.49. The average Bonchev–Trinajstić information content (AvgIpc) is 3.19. The fourth-order valence-electron chi connectivity index (χ4n) is 4.57. The van der Waals surface area contributed by atoms with E-state index in [1.54, 1.807) is 11.3 Å². The van der Waals surface area contributed by atoms with Crippen molar-refractivity contribution in [2.24, 2.45) is 5.92 Å². The predicted octanol–water partition coefficient (Wildman–Crippen LogP) is 3.90. The molecule has 0 unspecified atom stereocenters. The minimum atomic E-state index is 0.124. The first kappa shape index (κ1) is 21.4. The van der Waals surface area contributed by atoms with E-state index < -0.39 is 0 Å². The fraction of sp³-hybridized carbons (Fsp3) is 0.652. The molecule has 1 N–H and O–H groups in total. The number of carbonyl (C=O) groups excluding carboxylic acids is 1. The van der Waals surface area contributed by atoms with Crippen molar-refractivity contribution in [2.45, 2.75) is 52.0 Å². The molecule has 0 aliphatic carbocycles. The van der Waals surface area contributed by atoms with Crippen molar-refractivity contribution in [2.75, 3.05) is 44.2 Å². The Balaban J connectivity index is 1.25. The molecule has 1 atom stereocenters. The molecular weight excluding hydrogens is 396 g/mol. The number of piperidine rings is 2. The molecule has 7 heteroatoms. The van der Waals surface area contributed by atoms with Crippen LogP contribution < -0.4 is 15.0 Å². The van der Waals surface area contributed by atoms with Crippen molar-refractivity contribution < 1.29 is 9.53 Å². The zero-order valence-corrected chi connectivity index (χ0v) is 19.0. The number of ether oxygens (including phenoxy) is 1. The summed E-state index contributed by atoms with van der Waals surface area (Å²) >= 11 is 1.71.